The molecule has 2 unspecified atom stereocenters. The summed E-state index contributed by atoms with van der Waals surface area (Å²) in [7, 11) is 0. The van der Waals surface area contributed by atoms with E-state index in [2.05, 4.69) is 36.5 Å². The predicted octanol–water partition coefficient (Wildman–Crippen LogP) is 3.67. The van der Waals surface area contributed by atoms with Gasteiger partial charge in [-0.15, -0.1) is 0 Å². The molecule has 1 heterocycles. The lowest BCUT2D eigenvalue weighted by Gasteiger charge is -2.35. The Morgan fingerprint density at radius 1 is 1.06 bits per heavy atom. The van der Waals surface area contributed by atoms with E-state index in [9.17, 15) is 0 Å². The summed E-state index contributed by atoms with van der Waals surface area (Å²) in [6.07, 6.45) is 5.57. The zero-order chi connectivity index (χ0) is 11.7. The third kappa shape index (κ3) is 2.13. The van der Waals surface area contributed by atoms with Crippen LogP contribution in [0.2, 0.25) is 0 Å². The Bertz CT molecular complexity index is 381. The van der Waals surface area contributed by atoms with Crippen LogP contribution in [0, 0.1) is 5.92 Å². The fraction of sp³-hybridized carbons (Fsp3) is 0.625. The van der Waals surface area contributed by atoms with Crippen molar-refractivity contribution in [1.29, 1.82) is 0 Å². The molecule has 0 bridgehead atoms. The maximum atomic E-state index is 3.51. The Morgan fingerprint density at radius 2 is 1.82 bits per heavy atom. The number of nitrogens with one attached hydrogen (secondary N) is 1. The number of rotatable bonds is 2. The molecule has 0 spiro atoms. The van der Waals surface area contributed by atoms with Crippen LogP contribution in [0.5, 0.6) is 0 Å². The second-order valence-electron chi connectivity index (χ2n) is 5.83. The lowest BCUT2D eigenvalue weighted by molar-refractivity contribution is 0.341. The molecular weight excluding hydrogens is 206 g/mol. The third-order valence-electron chi connectivity index (χ3n) is 4.73. The lowest BCUT2D eigenvalue weighted by atomic mass is 9.73. The fourth-order valence-electron chi connectivity index (χ4n) is 3.42. The summed E-state index contributed by atoms with van der Waals surface area (Å²) in [5.74, 6) is 2.44. The molecule has 1 heteroatoms. The Morgan fingerprint density at radius 3 is 2.47 bits per heavy atom. The van der Waals surface area contributed by atoms with Crippen molar-refractivity contribution in [3.8, 4) is 0 Å². The summed E-state index contributed by atoms with van der Waals surface area (Å²) in [5, 5.41) is 3.51. The van der Waals surface area contributed by atoms with Crippen LogP contribution in [-0.4, -0.2) is 13.1 Å². The van der Waals surface area contributed by atoms with E-state index in [0.717, 1.165) is 17.8 Å². The van der Waals surface area contributed by atoms with Crippen LogP contribution in [0.3, 0.4) is 0 Å². The van der Waals surface area contributed by atoms with Gasteiger partial charge in [0.25, 0.3) is 0 Å². The van der Waals surface area contributed by atoms with E-state index in [4.69, 9.17) is 0 Å². The summed E-state index contributed by atoms with van der Waals surface area (Å²) in [5.41, 5.74) is 3.32. The van der Waals surface area contributed by atoms with E-state index in [1.165, 1.54) is 38.8 Å². The third-order valence-corrected chi connectivity index (χ3v) is 4.73. The molecule has 2 aliphatic rings. The highest BCUT2D eigenvalue weighted by molar-refractivity contribution is 5.35. The van der Waals surface area contributed by atoms with Gasteiger partial charge < -0.3 is 5.32 Å². The average Bonchev–Trinajstić information content (AvgIpc) is 2.29. The van der Waals surface area contributed by atoms with Crippen LogP contribution < -0.4 is 5.32 Å². The van der Waals surface area contributed by atoms with Gasteiger partial charge in [0.2, 0.25) is 0 Å². The minimum Gasteiger partial charge on any atom is -0.316 e. The molecule has 1 aliphatic carbocycles. The van der Waals surface area contributed by atoms with Gasteiger partial charge in [-0.1, -0.05) is 37.6 Å². The van der Waals surface area contributed by atoms with Crippen molar-refractivity contribution in [2.24, 2.45) is 5.92 Å². The molecular formula is C16H23N. The number of hydrogen-bond donors (Lipinski definition) is 1. The van der Waals surface area contributed by atoms with Gasteiger partial charge in [-0.3, -0.25) is 0 Å². The van der Waals surface area contributed by atoms with Gasteiger partial charge in [-0.25, -0.2) is 0 Å². The second kappa shape index (κ2) is 4.81. The SMILES string of the molecule is CC1CNCCC1c1ccccc1C1CCC1. The standard InChI is InChI=1S/C16H23N/c1-12-11-17-10-9-14(12)16-8-3-2-7-15(16)13-5-4-6-13/h2-3,7-8,12-14,17H,4-6,9-11H2,1H3. The smallest absolute Gasteiger partial charge is 0.00173 e. The van der Waals surface area contributed by atoms with Gasteiger partial charge in [0.05, 0.1) is 0 Å². The molecule has 2 fully saturated rings. The van der Waals surface area contributed by atoms with E-state index in [1.54, 1.807) is 11.1 Å². The highest BCUT2D eigenvalue weighted by atomic mass is 14.9. The predicted molar refractivity (Wildman–Crippen MR) is 72.4 cm³/mol. The zero-order valence-corrected chi connectivity index (χ0v) is 10.8. The quantitative estimate of drug-likeness (QED) is 0.816. The van der Waals surface area contributed by atoms with Gasteiger partial charge in [0, 0.05) is 0 Å². The van der Waals surface area contributed by atoms with Crippen molar-refractivity contribution in [3.63, 3.8) is 0 Å². The molecule has 1 aromatic carbocycles. The highest BCUT2D eigenvalue weighted by Crippen LogP contribution is 2.42. The van der Waals surface area contributed by atoms with E-state index in [-0.39, 0.29) is 0 Å². The van der Waals surface area contributed by atoms with E-state index < -0.39 is 0 Å². The maximum Gasteiger partial charge on any atom is -0.00173 e. The van der Waals surface area contributed by atoms with Crippen molar-refractivity contribution < 1.29 is 0 Å². The zero-order valence-electron chi connectivity index (χ0n) is 10.8. The van der Waals surface area contributed by atoms with Crippen LogP contribution in [0.4, 0.5) is 0 Å². The van der Waals surface area contributed by atoms with Crippen molar-refractivity contribution in [3.05, 3.63) is 35.4 Å². The van der Waals surface area contributed by atoms with E-state index in [0.29, 0.717) is 0 Å². The van der Waals surface area contributed by atoms with Crippen LogP contribution in [-0.2, 0) is 0 Å². The molecule has 1 aliphatic heterocycles. The largest absolute Gasteiger partial charge is 0.316 e. The minimum atomic E-state index is 0.782. The first kappa shape index (κ1) is 11.3. The molecule has 1 nitrogen and oxygen atoms in total. The lowest BCUT2D eigenvalue weighted by Crippen LogP contribution is -2.34. The molecule has 17 heavy (non-hydrogen) atoms. The Balaban J connectivity index is 1.89. The van der Waals surface area contributed by atoms with Crippen molar-refractivity contribution in [2.75, 3.05) is 13.1 Å². The molecule has 0 amide bonds. The van der Waals surface area contributed by atoms with E-state index >= 15 is 0 Å². The van der Waals surface area contributed by atoms with Crippen LogP contribution >= 0.6 is 0 Å². The van der Waals surface area contributed by atoms with Crippen LogP contribution in [0.25, 0.3) is 0 Å². The second-order valence-corrected chi connectivity index (χ2v) is 5.83. The van der Waals surface area contributed by atoms with Crippen LogP contribution in [0.15, 0.2) is 24.3 Å². The number of hydrogen-bond acceptors (Lipinski definition) is 1. The molecule has 1 aromatic rings. The van der Waals surface area contributed by atoms with E-state index in [1.807, 2.05) is 0 Å². The van der Waals surface area contributed by atoms with Gasteiger partial charge in [-0.05, 0) is 61.2 Å². The molecule has 1 saturated carbocycles. The average molecular weight is 229 g/mol. The fourth-order valence-corrected chi connectivity index (χ4v) is 3.42. The molecule has 1 saturated heterocycles. The minimum absolute atomic E-state index is 0.782. The Labute approximate surface area is 105 Å². The molecule has 92 valence electrons. The topological polar surface area (TPSA) is 12.0 Å². The highest BCUT2D eigenvalue weighted by Gasteiger charge is 2.28. The summed E-state index contributed by atoms with van der Waals surface area (Å²) >= 11 is 0. The number of piperidine rings is 1. The molecule has 0 aromatic heterocycles. The summed E-state index contributed by atoms with van der Waals surface area (Å²) < 4.78 is 0. The summed E-state index contributed by atoms with van der Waals surface area (Å²) in [4.78, 5) is 0. The monoisotopic (exact) mass is 229 g/mol. The van der Waals surface area contributed by atoms with Crippen molar-refractivity contribution in [1.82, 2.24) is 5.32 Å². The van der Waals surface area contributed by atoms with Crippen molar-refractivity contribution >= 4 is 0 Å². The summed E-state index contributed by atoms with van der Waals surface area (Å²) in [6.45, 7) is 4.77. The molecule has 0 radical (unpaired) electrons. The molecule has 1 N–H and O–H groups in total. The Kier molecular flexibility index (Phi) is 3.19. The number of benzene rings is 1. The Hall–Kier alpha value is -0.820. The summed E-state index contributed by atoms with van der Waals surface area (Å²) in [6, 6.07) is 9.23. The van der Waals surface area contributed by atoms with Gasteiger partial charge in [0.1, 0.15) is 0 Å². The first-order valence-corrected chi connectivity index (χ1v) is 7.16. The van der Waals surface area contributed by atoms with Gasteiger partial charge in [0.15, 0.2) is 0 Å². The molecule has 3 rings (SSSR count). The first-order chi connectivity index (χ1) is 8.36. The van der Waals surface area contributed by atoms with Crippen molar-refractivity contribution in [2.45, 2.75) is 44.4 Å². The molecule has 2 atom stereocenters. The van der Waals surface area contributed by atoms with Gasteiger partial charge >= 0.3 is 0 Å². The van der Waals surface area contributed by atoms with Crippen LogP contribution in [0.1, 0.15) is 55.6 Å². The van der Waals surface area contributed by atoms with Gasteiger partial charge in [-0.2, -0.15) is 0 Å². The first-order valence-electron chi connectivity index (χ1n) is 7.16. The normalized spacial score (nSPS) is 29.9. The maximum absolute atomic E-state index is 3.51.